The van der Waals surface area contributed by atoms with Gasteiger partial charge in [0, 0.05) is 39.7 Å². The number of anilines is 1. The molecule has 2 aromatic carbocycles. The van der Waals surface area contributed by atoms with Gasteiger partial charge in [0.15, 0.2) is 5.11 Å². The molecule has 11 heteroatoms. The minimum absolute atomic E-state index is 0.0633. The van der Waals surface area contributed by atoms with Gasteiger partial charge >= 0.3 is 5.97 Å². The number of amides is 2. The van der Waals surface area contributed by atoms with Crippen molar-refractivity contribution in [1.29, 1.82) is 0 Å². The van der Waals surface area contributed by atoms with Crippen LogP contribution in [0, 0.1) is 0 Å². The zero-order valence-corrected chi connectivity index (χ0v) is 26.2. The van der Waals surface area contributed by atoms with Crippen molar-refractivity contribution in [3.05, 3.63) is 64.4 Å². The topological polar surface area (TPSA) is 84.3 Å². The SMILES string of the molecule is CCOc1ccc(N2C(=O)/C(=C/c3cn(CC(=O)N4CCCC[C@@H]4C)c4ccc(Br)cc34)N(CC(=O)OC)C2=S)cc1. The zero-order chi connectivity index (χ0) is 30.0. The van der Waals surface area contributed by atoms with Crippen molar-refractivity contribution in [1.82, 2.24) is 14.4 Å². The Hall–Kier alpha value is -3.70. The van der Waals surface area contributed by atoms with Crippen LogP contribution in [0.15, 0.2) is 58.8 Å². The number of carbonyl (C=O) groups is 3. The Labute approximate surface area is 258 Å². The molecule has 2 amide bonds. The van der Waals surface area contributed by atoms with Crippen molar-refractivity contribution in [2.45, 2.75) is 45.7 Å². The molecule has 2 aliphatic rings. The van der Waals surface area contributed by atoms with Crippen LogP contribution in [0.1, 0.15) is 38.7 Å². The van der Waals surface area contributed by atoms with Gasteiger partial charge in [-0.05, 0) is 93.9 Å². The summed E-state index contributed by atoms with van der Waals surface area (Å²) in [6.07, 6.45) is 6.75. The summed E-state index contributed by atoms with van der Waals surface area (Å²) in [5.74, 6) is -0.167. The van der Waals surface area contributed by atoms with Crippen LogP contribution in [0.5, 0.6) is 5.75 Å². The standard InChI is InChI=1S/C31H33BrN4O5S/c1-4-41-24-11-9-23(10-12-24)36-30(39)27(35(31(36)42)19-29(38)40-3)15-21-17-33(26-13-8-22(32)16-25(21)26)18-28(37)34-14-6-5-7-20(34)2/h8-13,15-17,20H,4-7,14,18-19H2,1-3H3/b27-15-/t20-/m0/s1. The quantitative estimate of drug-likeness (QED) is 0.184. The summed E-state index contributed by atoms with van der Waals surface area (Å²) < 4.78 is 13.2. The predicted octanol–water partition coefficient (Wildman–Crippen LogP) is 5.35. The molecule has 42 heavy (non-hydrogen) atoms. The van der Waals surface area contributed by atoms with Crippen molar-refractivity contribution in [2.75, 3.05) is 31.7 Å². The van der Waals surface area contributed by atoms with Gasteiger partial charge in [-0.3, -0.25) is 19.3 Å². The lowest BCUT2D eigenvalue weighted by Gasteiger charge is -2.33. The van der Waals surface area contributed by atoms with Gasteiger partial charge in [0.05, 0.1) is 19.4 Å². The second kappa shape index (κ2) is 12.7. The van der Waals surface area contributed by atoms with E-state index >= 15 is 0 Å². The Kier molecular flexibility index (Phi) is 8.98. The van der Waals surface area contributed by atoms with E-state index in [-0.39, 0.29) is 41.8 Å². The third-order valence-electron chi connectivity index (χ3n) is 7.65. The van der Waals surface area contributed by atoms with E-state index in [4.69, 9.17) is 21.7 Å². The summed E-state index contributed by atoms with van der Waals surface area (Å²) in [5.41, 5.74) is 2.37. The fraction of sp³-hybridized carbons (Fsp3) is 0.355. The molecule has 2 fully saturated rings. The highest BCUT2D eigenvalue weighted by Crippen LogP contribution is 2.33. The Morgan fingerprint density at radius 2 is 1.88 bits per heavy atom. The summed E-state index contributed by atoms with van der Waals surface area (Å²) in [4.78, 5) is 44.5. The first kappa shape index (κ1) is 29.8. The molecule has 5 rings (SSSR count). The smallest absolute Gasteiger partial charge is 0.325 e. The van der Waals surface area contributed by atoms with E-state index in [2.05, 4.69) is 22.9 Å². The highest BCUT2D eigenvalue weighted by Gasteiger charge is 2.40. The van der Waals surface area contributed by atoms with Crippen LogP contribution in [0.2, 0.25) is 0 Å². The Morgan fingerprint density at radius 3 is 2.57 bits per heavy atom. The first-order valence-corrected chi connectivity index (χ1v) is 15.2. The molecule has 9 nitrogen and oxygen atoms in total. The van der Waals surface area contributed by atoms with Crippen molar-refractivity contribution in [3.8, 4) is 5.75 Å². The molecule has 0 radical (unpaired) electrons. The summed E-state index contributed by atoms with van der Waals surface area (Å²) in [7, 11) is 1.29. The number of hydrogen-bond acceptors (Lipinski definition) is 6. The third kappa shape index (κ3) is 5.94. The molecular weight excluding hydrogens is 620 g/mol. The van der Waals surface area contributed by atoms with Gasteiger partial charge in [-0.15, -0.1) is 0 Å². The molecule has 1 atom stereocenters. The minimum atomic E-state index is -0.531. The summed E-state index contributed by atoms with van der Waals surface area (Å²) in [6, 6.07) is 13.1. The summed E-state index contributed by atoms with van der Waals surface area (Å²) in [6.45, 7) is 5.23. The van der Waals surface area contributed by atoms with E-state index in [0.717, 1.165) is 46.7 Å². The number of benzene rings is 2. The van der Waals surface area contributed by atoms with E-state index < -0.39 is 5.97 Å². The number of aromatic nitrogens is 1. The lowest BCUT2D eigenvalue weighted by Crippen LogP contribution is -2.43. The maximum atomic E-state index is 13.9. The maximum absolute atomic E-state index is 13.9. The number of ether oxygens (including phenoxy) is 2. The van der Waals surface area contributed by atoms with Crippen LogP contribution in [0.3, 0.4) is 0 Å². The van der Waals surface area contributed by atoms with Gasteiger partial charge in [0.25, 0.3) is 5.91 Å². The number of halogens is 1. The van der Waals surface area contributed by atoms with Crippen molar-refractivity contribution in [3.63, 3.8) is 0 Å². The molecule has 1 aromatic heterocycles. The van der Waals surface area contributed by atoms with Crippen LogP contribution < -0.4 is 9.64 Å². The summed E-state index contributed by atoms with van der Waals surface area (Å²) >= 11 is 9.27. The van der Waals surface area contributed by atoms with Gasteiger partial charge in [0.2, 0.25) is 5.91 Å². The number of esters is 1. The highest BCUT2D eigenvalue weighted by atomic mass is 79.9. The monoisotopic (exact) mass is 652 g/mol. The second-order valence-electron chi connectivity index (χ2n) is 10.3. The van der Waals surface area contributed by atoms with Crippen molar-refractivity contribution >= 4 is 73.7 Å². The number of piperidine rings is 1. The molecule has 2 saturated heterocycles. The zero-order valence-electron chi connectivity index (χ0n) is 23.8. The minimum Gasteiger partial charge on any atom is -0.494 e. The van der Waals surface area contributed by atoms with Crippen LogP contribution in [-0.4, -0.2) is 70.1 Å². The molecule has 0 spiro atoms. The second-order valence-corrected chi connectivity index (χ2v) is 11.6. The van der Waals surface area contributed by atoms with Gasteiger partial charge < -0.3 is 23.8 Å². The van der Waals surface area contributed by atoms with Gasteiger partial charge in [-0.25, -0.2) is 0 Å². The van der Waals surface area contributed by atoms with Crippen LogP contribution >= 0.6 is 28.1 Å². The Morgan fingerprint density at radius 1 is 1.12 bits per heavy atom. The molecular formula is C31H33BrN4O5S. The molecule has 0 bridgehead atoms. The maximum Gasteiger partial charge on any atom is 0.325 e. The Bertz CT molecular complexity index is 1570. The number of rotatable bonds is 8. The predicted molar refractivity (Wildman–Crippen MR) is 169 cm³/mol. The molecule has 0 N–H and O–H groups in total. The Balaban J connectivity index is 1.55. The van der Waals surface area contributed by atoms with Crippen molar-refractivity contribution < 1.29 is 23.9 Å². The molecule has 220 valence electrons. The lowest BCUT2D eigenvalue weighted by molar-refractivity contribution is -0.140. The largest absolute Gasteiger partial charge is 0.494 e. The molecule has 0 saturated carbocycles. The number of carbonyl (C=O) groups excluding carboxylic acids is 3. The first-order chi connectivity index (χ1) is 20.2. The van der Waals surface area contributed by atoms with E-state index in [1.54, 1.807) is 30.3 Å². The fourth-order valence-corrected chi connectivity index (χ4v) is 6.22. The normalized spacial score (nSPS) is 18.3. The number of likely N-dealkylation sites (tertiary alicyclic amines) is 1. The van der Waals surface area contributed by atoms with Gasteiger partial charge in [-0.1, -0.05) is 15.9 Å². The molecule has 3 aromatic rings. The molecule has 0 aliphatic carbocycles. The molecule has 3 heterocycles. The van der Waals surface area contributed by atoms with Crippen LogP contribution in [0.4, 0.5) is 5.69 Å². The van der Waals surface area contributed by atoms with Crippen molar-refractivity contribution in [2.24, 2.45) is 0 Å². The molecule has 2 aliphatic heterocycles. The number of fused-ring (bicyclic) bond motifs is 1. The van der Waals surface area contributed by atoms with E-state index in [9.17, 15) is 14.4 Å². The third-order valence-corrected chi connectivity index (χ3v) is 8.55. The number of hydrogen-bond donors (Lipinski definition) is 0. The van der Waals surface area contributed by atoms with Gasteiger partial charge in [-0.2, -0.15) is 0 Å². The van der Waals surface area contributed by atoms with E-state index in [1.165, 1.54) is 16.9 Å². The average Bonchev–Trinajstić information content (AvgIpc) is 3.42. The number of nitrogens with zero attached hydrogens (tertiary/aromatic N) is 4. The van der Waals surface area contributed by atoms with Crippen LogP contribution in [-0.2, 0) is 25.7 Å². The fourth-order valence-electron chi connectivity index (χ4n) is 5.51. The average molecular weight is 654 g/mol. The summed E-state index contributed by atoms with van der Waals surface area (Å²) in [5, 5.41) is 1.02. The number of methoxy groups -OCH3 is 1. The van der Waals surface area contributed by atoms with Crippen LogP contribution in [0.25, 0.3) is 17.0 Å². The number of thiocarbonyl (C=S) groups is 1. The van der Waals surface area contributed by atoms with E-state index in [1.807, 2.05) is 40.8 Å². The lowest BCUT2D eigenvalue weighted by atomic mass is 10.0. The highest BCUT2D eigenvalue weighted by molar-refractivity contribution is 9.10. The molecule has 0 unspecified atom stereocenters. The first-order valence-electron chi connectivity index (χ1n) is 14.0. The van der Waals surface area contributed by atoms with E-state index in [0.29, 0.717) is 18.0 Å². The van der Waals surface area contributed by atoms with Gasteiger partial charge in [0.1, 0.15) is 24.5 Å².